The second-order valence-electron chi connectivity index (χ2n) is 5.54. The third-order valence-electron chi connectivity index (χ3n) is 3.73. The Balaban J connectivity index is 1.66. The highest BCUT2D eigenvalue weighted by Crippen LogP contribution is 2.13. The monoisotopic (exact) mass is 341 g/mol. The van der Waals surface area contributed by atoms with E-state index in [2.05, 4.69) is 15.4 Å². The van der Waals surface area contributed by atoms with Crippen LogP contribution in [0.15, 0.2) is 41.6 Å². The predicted molar refractivity (Wildman–Crippen MR) is 92.2 cm³/mol. The van der Waals surface area contributed by atoms with Gasteiger partial charge in [-0.25, -0.2) is 4.98 Å². The summed E-state index contributed by atoms with van der Waals surface area (Å²) in [6, 6.07) is 7.51. The van der Waals surface area contributed by atoms with E-state index in [1.165, 1.54) is 21.8 Å². The molecule has 1 amide bonds. The number of hydrogen-bond acceptors (Lipinski definition) is 5. The van der Waals surface area contributed by atoms with Crippen molar-refractivity contribution in [1.82, 2.24) is 24.6 Å². The first-order valence-electron chi connectivity index (χ1n) is 7.94. The van der Waals surface area contributed by atoms with Gasteiger partial charge in [-0.05, 0) is 24.6 Å². The molecular formula is C17H19N5O3. The van der Waals surface area contributed by atoms with Gasteiger partial charge in [-0.2, -0.15) is 5.10 Å². The maximum absolute atomic E-state index is 12.3. The molecule has 0 fully saturated rings. The van der Waals surface area contributed by atoms with Gasteiger partial charge in [-0.15, -0.1) is 0 Å². The minimum atomic E-state index is -0.286. The zero-order chi connectivity index (χ0) is 17.8. The lowest BCUT2D eigenvalue weighted by atomic mass is 10.2. The number of nitrogens with one attached hydrogen (secondary N) is 1. The average Bonchev–Trinajstić information content (AvgIpc) is 2.98. The van der Waals surface area contributed by atoms with Gasteiger partial charge in [0.05, 0.1) is 12.8 Å². The SMILES string of the molecule is CCOc1cccc(CNC(=O)Cn2cnc3c(cnn3C)c2=O)c1. The summed E-state index contributed by atoms with van der Waals surface area (Å²) in [7, 11) is 1.71. The van der Waals surface area contributed by atoms with Gasteiger partial charge in [-0.1, -0.05) is 12.1 Å². The molecule has 0 aliphatic carbocycles. The second-order valence-corrected chi connectivity index (χ2v) is 5.54. The Kier molecular flexibility index (Phi) is 4.78. The fourth-order valence-corrected chi connectivity index (χ4v) is 2.50. The van der Waals surface area contributed by atoms with Gasteiger partial charge >= 0.3 is 0 Å². The summed E-state index contributed by atoms with van der Waals surface area (Å²) in [4.78, 5) is 28.7. The Labute approximate surface area is 144 Å². The largest absolute Gasteiger partial charge is 0.494 e. The van der Waals surface area contributed by atoms with Gasteiger partial charge < -0.3 is 10.1 Å². The van der Waals surface area contributed by atoms with E-state index in [0.717, 1.165) is 11.3 Å². The Morgan fingerprint density at radius 2 is 2.20 bits per heavy atom. The number of aromatic nitrogens is 4. The average molecular weight is 341 g/mol. The third kappa shape index (κ3) is 3.68. The highest BCUT2D eigenvalue weighted by molar-refractivity contribution is 5.77. The van der Waals surface area contributed by atoms with Crippen molar-refractivity contribution in [1.29, 1.82) is 0 Å². The Morgan fingerprint density at radius 1 is 1.36 bits per heavy atom. The van der Waals surface area contributed by atoms with Crippen LogP contribution in [-0.2, 0) is 24.9 Å². The standard InChI is InChI=1S/C17H19N5O3/c1-3-25-13-6-4-5-12(7-13)8-18-15(23)10-22-11-19-16-14(17(22)24)9-20-21(16)2/h4-7,9,11H,3,8,10H2,1-2H3,(H,18,23). The summed E-state index contributed by atoms with van der Waals surface area (Å²) in [5.41, 5.74) is 1.13. The van der Waals surface area contributed by atoms with E-state index in [0.29, 0.717) is 24.2 Å². The van der Waals surface area contributed by atoms with Gasteiger partial charge in [0.15, 0.2) is 5.65 Å². The minimum absolute atomic E-state index is 0.0954. The Hall–Kier alpha value is -3.16. The predicted octanol–water partition coefficient (Wildman–Crippen LogP) is 0.845. The lowest BCUT2D eigenvalue weighted by molar-refractivity contribution is -0.121. The van der Waals surface area contributed by atoms with E-state index in [4.69, 9.17) is 4.74 Å². The molecule has 8 nitrogen and oxygen atoms in total. The highest BCUT2D eigenvalue weighted by Gasteiger charge is 2.10. The van der Waals surface area contributed by atoms with E-state index in [-0.39, 0.29) is 18.0 Å². The molecule has 3 rings (SSSR count). The molecule has 0 aliphatic heterocycles. The van der Waals surface area contributed by atoms with Gasteiger partial charge in [-0.3, -0.25) is 18.8 Å². The van der Waals surface area contributed by atoms with Crippen molar-refractivity contribution in [2.45, 2.75) is 20.0 Å². The lowest BCUT2D eigenvalue weighted by Crippen LogP contribution is -2.32. The molecule has 2 heterocycles. The summed E-state index contributed by atoms with van der Waals surface area (Å²) >= 11 is 0. The molecule has 0 unspecified atom stereocenters. The number of rotatable bonds is 6. The van der Waals surface area contributed by atoms with E-state index in [1.807, 2.05) is 31.2 Å². The number of ether oxygens (including phenoxy) is 1. The van der Waals surface area contributed by atoms with Gasteiger partial charge in [0.25, 0.3) is 5.56 Å². The maximum atomic E-state index is 12.3. The molecule has 0 radical (unpaired) electrons. The number of carbonyl (C=O) groups is 1. The molecule has 0 saturated heterocycles. The molecule has 1 aromatic carbocycles. The summed E-state index contributed by atoms with van der Waals surface area (Å²) in [6.45, 7) is 2.76. The number of aryl methyl sites for hydroxylation is 1. The molecule has 0 bridgehead atoms. The van der Waals surface area contributed by atoms with Crippen LogP contribution in [0.5, 0.6) is 5.75 Å². The van der Waals surface area contributed by atoms with Crippen molar-refractivity contribution >= 4 is 16.9 Å². The molecule has 0 atom stereocenters. The zero-order valence-corrected chi connectivity index (χ0v) is 14.1. The van der Waals surface area contributed by atoms with Crippen LogP contribution in [-0.4, -0.2) is 31.8 Å². The summed E-state index contributed by atoms with van der Waals surface area (Å²) < 4.78 is 8.23. The molecule has 0 spiro atoms. The van der Waals surface area contributed by atoms with Crippen molar-refractivity contribution in [3.05, 3.63) is 52.7 Å². The molecule has 3 aromatic rings. The number of fused-ring (bicyclic) bond motifs is 1. The van der Waals surface area contributed by atoms with Crippen LogP contribution in [0.2, 0.25) is 0 Å². The topological polar surface area (TPSA) is 91.0 Å². The fraction of sp³-hybridized carbons (Fsp3) is 0.294. The molecule has 1 N–H and O–H groups in total. The van der Waals surface area contributed by atoms with Crippen LogP contribution >= 0.6 is 0 Å². The summed E-state index contributed by atoms with van der Waals surface area (Å²) in [6.07, 6.45) is 2.82. The van der Waals surface area contributed by atoms with Crippen LogP contribution in [0, 0.1) is 0 Å². The van der Waals surface area contributed by atoms with Crippen molar-refractivity contribution < 1.29 is 9.53 Å². The van der Waals surface area contributed by atoms with Crippen LogP contribution in [0.25, 0.3) is 11.0 Å². The van der Waals surface area contributed by atoms with E-state index in [1.54, 1.807) is 7.05 Å². The first-order valence-corrected chi connectivity index (χ1v) is 7.94. The number of hydrogen-bond donors (Lipinski definition) is 1. The molecule has 0 aliphatic rings. The second kappa shape index (κ2) is 7.16. The van der Waals surface area contributed by atoms with Crippen molar-refractivity contribution in [3.63, 3.8) is 0 Å². The van der Waals surface area contributed by atoms with Crippen molar-refractivity contribution in [3.8, 4) is 5.75 Å². The number of carbonyl (C=O) groups excluding carboxylic acids is 1. The molecule has 0 saturated carbocycles. The first-order chi connectivity index (χ1) is 12.1. The lowest BCUT2D eigenvalue weighted by Gasteiger charge is -2.09. The minimum Gasteiger partial charge on any atom is -0.494 e. The third-order valence-corrected chi connectivity index (χ3v) is 3.73. The fourth-order valence-electron chi connectivity index (χ4n) is 2.50. The Morgan fingerprint density at radius 3 is 3.00 bits per heavy atom. The first kappa shape index (κ1) is 16.7. The van der Waals surface area contributed by atoms with Crippen LogP contribution in [0.3, 0.4) is 0 Å². The van der Waals surface area contributed by atoms with Crippen LogP contribution in [0.4, 0.5) is 0 Å². The highest BCUT2D eigenvalue weighted by atomic mass is 16.5. The van der Waals surface area contributed by atoms with Crippen molar-refractivity contribution in [2.75, 3.05) is 6.61 Å². The van der Waals surface area contributed by atoms with Crippen LogP contribution < -0.4 is 15.6 Å². The summed E-state index contributed by atoms with van der Waals surface area (Å²) in [5.74, 6) is 0.491. The molecular weight excluding hydrogens is 322 g/mol. The maximum Gasteiger partial charge on any atom is 0.264 e. The van der Waals surface area contributed by atoms with E-state index < -0.39 is 0 Å². The quantitative estimate of drug-likeness (QED) is 0.718. The van der Waals surface area contributed by atoms with E-state index >= 15 is 0 Å². The summed E-state index contributed by atoms with van der Waals surface area (Å²) in [5, 5.41) is 7.19. The zero-order valence-electron chi connectivity index (χ0n) is 14.1. The Bertz CT molecular complexity index is 960. The van der Waals surface area contributed by atoms with Gasteiger partial charge in [0, 0.05) is 13.6 Å². The number of nitrogens with zero attached hydrogens (tertiary/aromatic N) is 4. The molecule has 25 heavy (non-hydrogen) atoms. The van der Waals surface area contributed by atoms with Crippen molar-refractivity contribution in [2.24, 2.45) is 7.05 Å². The molecule has 130 valence electrons. The van der Waals surface area contributed by atoms with E-state index in [9.17, 15) is 9.59 Å². The normalized spacial score (nSPS) is 10.8. The number of amides is 1. The van der Waals surface area contributed by atoms with Crippen LogP contribution in [0.1, 0.15) is 12.5 Å². The smallest absolute Gasteiger partial charge is 0.264 e. The number of benzene rings is 1. The molecule has 8 heteroatoms. The van der Waals surface area contributed by atoms with Gasteiger partial charge in [0.2, 0.25) is 5.91 Å². The molecule has 2 aromatic heterocycles. The van der Waals surface area contributed by atoms with Gasteiger partial charge in [0.1, 0.15) is 24.0 Å².